The van der Waals surface area contributed by atoms with Crippen LogP contribution in [-0.2, 0) is 0 Å². The molecule has 0 aliphatic rings. The molecule has 4 nitrogen and oxygen atoms in total. The quantitative estimate of drug-likeness (QED) is 0.501. The van der Waals surface area contributed by atoms with Gasteiger partial charge in [0.05, 0.1) is 6.04 Å². The molecule has 0 saturated heterocycles. The Hall–Kier alpha value is -3.37. The Bertz CT molecular complexity index is 1150. The van der Waals surface area contributed by atoms with Crippen LogP contribution in [0.5, 0.6) is 0 Å². The van der Waals surface area contributed by atoms with E-state index in [0.717, 1.165) is 11.1 Å². The average Bonchev–Trinajstić information content (AvgIpc) is 2.73. The van der Waals surface area contributed by atoms with E-state index in [2.05, 4.69) is 5.32 Å². The van der Waals surface area contributed by atoms with E-state index in [9.17, 15) is 9.59 Å². The van der Waals surface area contributed by atoms with Crippen LogP contribution in [0.25, 0.3) is 11.0 Å². The van der Waals surface area contributed by atoms with Crippen molar-refractivity contribution in [1.29, 1.82) is 0 Å². The van der Waals surface area contributed by atoms with Gasteiger partial charge in [-0.2, -0.15) is 0 Å². The van der Waals surface area contributed by atoms with Gasteiger partial charge in [0.15, 0.2) is 0 Å². The maximum Gasteiger partial charge on any atom is 0.349 e. The molecule has 0 atom stereocenters. The van der Waals surface area contributed by atoms with Crippen LogP contribution >= 0.6 is 11.6 Å². The van der Waals surface area contributed by atoms with Crippen molar-refractivity contribution < 1.29 is 9.21 Å². The predicted octanol–water partition coefficient (Wildman–Crippen LogP) is 4.97. The number of nitrogens with one attached hydrogen (secondary N) is 1. The van der Waals surface area contributed by atoms with E-state index in [1.807, 2.05) is 60.7 Å². The van der Waals surface area contributed by atoms with E-state index in [4.69, 9.17) is 16.0 Å². The Kier molecular flexibility index (Phi) is 4.96. The second-order valence-corrected chi connectivity index (χ2v) is 6.79. The molecule has 0 aliphatic heterocycles. The maximum atomic E-state index is 12.9. The standard InChI is InChI=1S/C23H16ClNO3/c24-18-11-12-20-17(13-18)14-19(23(27)28-20)22(26)25-21(15-7-3-1-4-8-15)16-9-5-2-6-10-16/h1-14,21H,(H,25,26). The number of fused-ring (bicyclic) bond motifs is 1. The summed E-state index contributed by atoms with van der Waals surface area (Å²) in [5.74, 6) is -0.506. The van der Waals surface area contributed by atoms with Gasteiger partial charge in [0.25, 0.3) is 5.91 Å². The second kappa shape index (κ2) is 7.71. The highest BCUT2D eigenvalue weighted by atomic mass is 35.5. The fraction of sp³-hybridized carbons (Fsp3) is 0.0435. The summed E-state index contributed by atoms with van der Waals surface area (Å²) in [7, 11) is 0. The summed E-state index contributed by atoms with van der Waals surface area (Å²) in [4.78, 5) is 25.3. The molecule has 0 saturated carbocycles. The first kappa shape index (κ1) is 18.0. The van der Waals surface area contributed by atoms with Crippen molar-refractivity contribution in [3.8, 4) is 0 Å². The van der Waals surface area contributed by atoms with E-state index < -0.39 is 17.6 Å². The molecule has 0 spiro atoms. The van der Waals surface area contributed by atoms with Crippen molar-refractivity contribution in [3.63, 3.8) is 0 Å². The van der Waals surface area contributed by atoms with Crippen molar-refractivity contribution in [3.05, 3.63) is 117 Å². The Labute approximate surface area is 166 Å². The summed E-state index contributed by atoms with van der Waals surface area (Å²) in [5, 5.41) is 4.04. The first-order valence-electron chi connectivity index (χ1n) is 8.76. The Morgan fingerprint density at radius 1 is 0.857 bits per heavy atom. The Balaban J connectivity index is 1.73. The summed E-state index contributed by atoms with van der Waals surface area (Å²) in [6.45, 7) is 0. The van der Waals surface area contributed by atoms with Gasteiger partial charge in [-0.1, -0.05) is 72.3 Å². The highest BCUT2D eigenvalue weighted by Gasteiger charge is 2.20. The van der Waals surface area contributed by atoms with Gasteiger partial charge in [-0.05, 0) is 35.4 Å². The van der Waals surface area contributed by atoms with Gasteiger partial charge in [0.2, 0.25) is 0 Å². The van der Waals surface area contributed by atoms with Gasteiger partial charge in [-0.3, -0.25) is 4.79 Å². The highest BCUT2D eigenvalue weighted by Crippen LogP contribution is 2.23. The van der Waals surface area contributed by atoms with E-state index in [0.29, 0.717) is 16.0 Å². The van der Waals surface area contributed by atoms with Gasteiger partial charge in [-0.15, -0.1) is 0 Å². The van der Waals surface area contributed by atoms with Gasteiger partial charge in [0.1, 0.15) is 11.1 Å². The van der Waals surface area contributed by atoms with Crippen LogP contribution in [0, 0.1) is 0 Å². The first-order chi connectivity index (χ1) is 13.6. The van der Waals surface area contributed by atoms with Crippen LogP contribution < -0.4 is 10.9 Å². The number of rotatable bonds is 4. The molecule has 1 heterocycles. The third-order valence-electron chi connectivity index (χ3n) is 4.48. The van der Waals surface area contributed by atoms with Crippen molar-refractivity contribution >= 4 is 28.5 Å². The zero-order valence-electron chi connectivity index (χ0n) is 14.8. The molecule has 1 N–H and O–H groups in total. The largest absolute Gasteiger partial charge is 0.422 e. The van der Waals surface area contributed by atoms with Crippen LogP contribution in [0.15, 0.2) is 94.1 Å². The molecule has 0 bridgehead atoms. The first-order valence-corrected chi connectivity index (χ1v) is 9.14. The van der Waals surface area contributed by atoms with Gasteiger partial charge in [0, 0.05) is 10.4 Å². The topological polar surface area (TPSA) is 59.3 Å². The maximum absolute atomic E-state index is 12.9. The Morgan fingerprint density at radius 2 is 1.46 bits per heavy atom. The molecule has 0 radical (unpaired) electrons. The molecule has 1 aromatic heterocycles. The number of hydrogen-bond acceptors (Lipinski definition) is 3. The number of halogens is 1. The molecule has 28 heavy (non-hydrogen) atoms. The molecule has 0 unspecified atom stereocenters. The minimum Gasteiger partial charge on any atom is -0.422 e. The minimum absolute atomic E-state index is 0.0633. The fourth-order valence-electron chi connectivity index (χ4n) is 3.11. The van der Waals surface area contributed by atoms with E-state index in [-0.39, 0.29) is 5.56 Å². The van der Waals surface area contributed by atoms with E-state index in [1.54, 1.807) is 18.2 Å². The molecule has 4 aromatic rings. The van der Waals surface area contributed by atoms with Crippen molar-refractivity contribution in [2.75, 3.05) is 0 Å². The summed E-state index contributed by atoms with van der Waals surface area (Å²) in [6, 6.07) is 25.2. The lowest BCUT2D eigenvalue weighted by molar-refractivity contribution is 0.0939. The lowest BCUT2D eigenvalue weighted by Crippen LogP contribution is -2.32. The smallest absolute Gasteiger partial charge is 0.349 e. The van der Waals surface area contributed by atoms with Crippen molar-refractivity contribution in [2.45, 2.75) is 6.04 Å². The number of hydrogen-bond donors (Lipinski definition) is 1. The third-order valence-corrected chi connectivity index (χ3v) is 4.72. The molecule has 1 amide bonds. The monoisotopic (exact) mass is 389 g/mol. The average molecular weight is 390 g/mol. The number of carbonyl (C=O) groups is 1. The van der Waals surface area contributed by atoms with Gasteiger partial charge >= 0.3 is 5.63 Å². The normalized spacial score (nSPS) is 10.9. The molecule has 138 valence electrons. The summed E-state index contributed by atoms with van der Waals surface area (Å²) in [6.07, 6.45) is 0. The third kappa shape index (κ3) is 3.68. The molecule has 5 heteroatoms. The molecular formula is C23H16ClNO3. The van der Waals surface area contributed by atoms with Crippen LogP contribution in [0.3, 0.4) is 0 Å². The highest BCUT2D eigenvalue weighted by molar-refractivity contribution is 6.31. The summed E-state index contributed by atoms with van der Waals surface area (Å²) < 4.78 is 5.29. The van der Waals surface area contributed by atoms with Crippen LogP contribution in [0.1, 0.15) is 27.5 Å². The SMILES string of the molecule is O=C(NC(c1ccccc1)c1ccccc1)c1cc2cc(Cl)ccc2oc1=O. The lowest BCUT2D eigenvalue weighted by atomic mass is 9.98. The summed E-state index contributed by atoms with van der Waals surface area (Å²) in [5.41, 5.74) is 1.46. The zero-order valence-corrected chi connectivity index (χ0v) is 15.5. The molecular weight excluding hydrogens is 374 g/mol. The van der Waals surface area contributed by atoms with E-state index in [1.165, 1.54) is 6.07 Å². The van der Waals surface area contributed by atoms with Gasteiger partial charge < -0.3 is 9.73 Å². The second-order valence-electron chi connectivity index (χ2n) is 6.36. The molecule has 0 aliphatic carbocycles. The van der Waals surface area contributed by atoms with Gasteiger partial charge in [-0.25, -0.2) is 4.79 Å². The number of amides is 1. The predicted molar refractivity (Wildman–Crippen MR) is 110 cm³/mol. The minimum atomic E-state index is -0.688. The fourth-order valence-corrected chi connectivity index (χ4v) is 3.29. The summed E-state index contributed by atoms with van der Waals surface area (Å²) >= 11 is 6.01. The molecule has 0 fully saturated rings. The lowest BCUT2D eigenvalue weighted by Gasteiger charge is -2.19. The number of benzene rings is 3. The Morgan fingerprint density at radius 3 is 2.07 bits per heavy atom. The molecule has 3 aromatic carbocycles. The van der Waals surface area contributed by atoms with Crippen LogP contribution in [0.2, 0.25) is 5.02 Å². The number of carbonyl (C=O) groups excluding carboxylic acids is 1. The van der Waals surface area contributed by atoms with Crippen LogP contribution in [-0.4, -0.2) is 5.91 Å². The van der Waals surface area contributed by atoms with Crippen molar-refractivity contribution in [1.82, 2.24) is 5.32 Å². The van der Waals surface area contributed by atoms with Crippen molar-refractivity contribution in [2.24, 2.45) is 0 Å². The van der Waals surface area contributed by atoms with E-state index >= 15 is 0 Å². The molecule has 4 rings (SSSR count). The zero-order chi connectivity index (χ0) is 19.5. The van der Waals surface area contributed by atoms with Crippen LogP contribution in [0.4, 0.5) is 0 Å².